The second-order valence-electron chi connectivity index (χ2n) is 4.96. The standard InChI is InChI=1S/C16H16N4O3/c1-2-23-16(22)12-3-5-14(6-4-12)20-15(21)9-13(18-20)10-19-8-7-17-11-19/h3-9,11,18H,2,10H2,1H3. The molecule has 0 saturated carbocycles. The van der Waals surface area contributed by atoms with Gasteiger partial charge < -0.3 is 9.30 Å². The van der Waals surface area contributed by atoms with Crippen LogP contribution in [0.4, 0.5) is 0 Å². The molecule has 0 aliphatic carbocycles. The fourth-order valence-electron chi connectivity index (χ4n) is 2.26. The number of H-pyrrole nitrogens is 1. The maximum Gasteiger partial charge on any atom is 0.338 e. The highest BCUT2D eigenvalue weighted by molar-refractivity contribution is 5.89. The zero-order valence-electron chi connectivity index (χ0n) is 12.6. The van der Waals surface area contributed by atoms with E-state index in [2.05, 4.69) is 10.1 Å². The lowest BCUT2D eigenvalue weighted by molar-refractivity contribution is 0.0526. The number of imidazole rings is 1. The molecule has 0 radical (unpaired) electrons. The van der Waals surface area contributed by atoms with E-state index in [1.54, 1.807) is 49.8 Å². The van der Waals surface area contributed by atoms with Crippen LogP contribution >= 0.6 is 0 Å². The molecule has 0 unspecified atom stereocenters. The molecule has 0 aliphatic rings. The monoisotopic (exact) mass is 312 g/mol. The molecule has 2 aromatic heterocycles. The number of aromatic nitrogens is 4. The van der Waals surface area contributed by atoms with Crippen molar-refractivity contribution in [3.8, 4) is 5.69 Å². The summed E-state index contributed by atoms with van der Waals surface area (Å²) in [4.78, 5) is 27.7. The molecule has 1 aromatic carbocycles. The lowest BCUT2D eigenvalue weighted by atomic mass is 10.2. The molecule has 3 aromatic rings. The third-order valence-electron chi connectivity index (χ3n) is 3.32. The van der Waals surface area contributed by atoms with Gasteiger partial charge in [-0.15, -0.1) is 0 Å². The Hall–Kier alpha value is -3.09. The molecular formula is C16H16N4O3. The van der Waals surface area contributed by atoms with Crippen LogP contribution in [0.1, 0.15) is 23.0 Å². The van der Waals surface area contributed by atoms with Gasteiger partial charge in [-0.25, -0.2) is 14.5 Å². The second kappa shape index (κ2) is 6.35. The molecule has 3 rings (SSSR count). The summed E-state index contributed by atoms with van der Waals surface area (Å²) < 4.78 is 8.23. The minimum atomic E-state index is -0.376. The van der Waals surface area contributed by atoms with Gasteiger partial charge in [-0.05, 0) is 31.2 Å². The lowest BCUT2D eigenvalue weighted by Crippen LogP contribution is -2.13. The molecule has 0 amide bonds. The van der Waals surface area contributed by atoms with Gasteiger partial charge in [0.2, 0.25) is 0 Å². The van der Waals surface area contributed by atoms with E-state index in [-0.39, 0.29) is 11.5 Å². The minimum Gasteiger partial charge on any atom is -0.462 e. The lowest BCUT2D eigenvalue weighted by Gasteiger charge is -2.05. The average Bonchev–Trinajstić information content (AvgIpc) is 3.18. The van der Waals surface area contributed by atoms with Gasteiger partial charge in [-0.2, -0.15) is 0 Å². The fraction of sp³-hybridized carbons (Fsp3) is 0.188. The third kappa shape index (κ3) is 3.23. The number of carbonyl (C=O) groups is 1. The van der Waals surface area contributed by atoms with Crippen molar-refractivity contribution in [1.82, 2.24) is 19.3 Å². The summed E-state index contributed by atoms with van der Waals surface area (Å²) in [6.45, 7) is 2.62. The van der Waals surface area contributed by atoms with Crippen LogP contribution in [0, 0.1) is 0 Å². The molecule has 7 nitrogen and oxygen atoms in total. The Balaban J connectivity index is 1.83. The molecule has 7 heteroatoms. The highest BCUT2D eigenvalue weighted by Crippen LogP contribution is 2.09. The number of benzene rings is 1. The summed E-state index contributed by atoms with van der Waals surface area (Å²) in [6.07, 6.45) is 5.19. The number of nitrogens with one attached hydrogen (secondary N) is 1. The highest BCUT2D eigenvalue weighted by atomic mass is 16.5. The molecule has 118 valence electrons. The number of aromatic amines is 1. The van der Waals surface area contributed by atoms with Crippen LogP contribution in [-0.4, -0.2) is 31.9 Å². The highest BCUT2D eigenvalue weighted by Gasteiger charge is 2.09. The van der Waals surface area contributed by atoms with Gasteiger partial charge >= 0.3 is 5.97 Å². The Kier molecular flexibility index (Phi) is 4.09. The summed E-state index contributed by atoms with van der Waals surface area (Å²) in [5.41, 5.74) is 1.71. The van der Waals surface area contributed by atoms with Crippen LogP contribution in [0.5, 0.6) is 0 Å². The first-order valence-corrected chi connectivity index (χ1v) is 7.21. The number of carbonyl (C=O) groups excluding carboxylic acids is 1. The van der Waals surface area contributed by atoms with Crippen molar-refractivity contribution in [3.05, 3.63) is 70.7 Å². The summed E-state index contributed by atoms with van der Waals surface area (Å²) in [5, 5.41) is 3.05. The second-order valence-corrected chi connectivity index (χ2v) is 4.96. The van der Waals surface area contributed by atoms with Crippen molar-refractivity contribution < 1.29 is 9.53 Å². The fourth-order valence-corrected chi connectivity index (χ4v) is 2.26. The van der Waals surface area contributed by atoms with E-state index in [9.17, 15) is 9.59 Å². The number of hydrogen-bond acceptors (Lipinski definition) is 4. The molecule has 1 N–H and O–H groups in total. The molecule has 0 saturated heterocycles. The number of ether oxygens (including phenoxy) is 1. The van der Waals surface area contributed by atoms with Gasteiger partial charge in [0.25, 0.3) is 5.56 Å². The largest absolute Gasteiger partial charge is 0.462 e. The number of nitrogens with zero attached hydrogens (tertiary/aromatic N) is 3. The topological polar surface area (TPSA) is 81.9 Å². The quantitative estimate of drug-likeness (QED) is 0.725. The smallest absolute Gasteiger partial charge is 0.338 e. The Labute approximate surface area is 132 Å². The van der Waals surface area contributed by atoms with Crippen molar-refractivity contribution in [1.29, 1.82) is 0 Å². The van der Waals surface area contributed by atoms with Crippen molar-refractivity contribution >= 4 is 5.97 Å². The Morgan fingerprint density at radius 2 is 2.09 bits per heavy atom. The van der Waals surface area contributed by atoms with Crippen molar-refractivity contribution in [2.45, 2.75) is 13.5 Å². The van der Waals surface area contributed by atoms with Crippen molar-refractivity contribution in [3.63, 3.8) is 0 Å². The average molecular weight is 312 g/mol. The number of hydrogen-bond donors (Lipinski definition) is 1. The van der Waals surface area contributed by atoms with E-state index >= 15 is 0 Å². The maximum atomic E-state index is 12.1. The van der Waals surface area contributed by atoms with Crippen LogP contribution in [0.15, 0.2) is 53.8 Å². The first kappa shape index (κ1) is 14.8. The van der Waals surface area contributed by atoms with E-state index in [0.717, 1.165) is 5.69 Å². The van der Waals surface area contributed by atoms with Crippen LogP contribution in [-0.2, 0) is 11.3 Å². The predicted octanol–water partition coefficient (Wildman–Crippen LogP) is 1.59. The molecule has 0 bridgehead atoms. The molecule has 0 atom stereocenters. The Morgan fingerprint density at radius 3 is 2.74 bits per heavy atom. The first-order chi connectivity index (χ1) is 11.2. The summed E-state index contributed by atoms with van der Waals surface area (Å²) in [5.74, 6) is -0.376. The number of rotatable bonds is 5. The summed E-state index contributed by atoms with van der Waals surface area (Å²) in [6, 6.07) is 8.21. The van der Waals surface area contributed by atoms with Gasteiger partial charge in [0.1, 0.15) is 0 Å². The molecule has 0 fully saturated rings. The number of esters is 1. The Bertz CT molecular complexity index is 844. The van der Waals surface area contributed by atoms with Gasteiger partial charge in [-0.1, -0.05) is 0 Å². The van der Waals surface area contributed by atoms with Crippen molar-refractivity contribution in [2.75, 3.05) is 6.61 Å². The minimum absolute atomic E-state index is 0.163. The zero-order chi connectivity index (χ0) is 16.2. The summed E-state index contributed by atoms with van der Waals surface area (Å²) in [7, 11) is 0. The van der Waals surface area contributed by atoms with Crippen LogP contribution in [0.25, 0.3) is 5.69 Å². The molecular weight excluding hydrogens is 296 g/mol. The van der Waals surface area contributed by atoms with Crippen LogP contribution < -0.4 is 5.56 Å². The van der Waals surface area contributed by atoms with E-state index in [1.165, 1.54) is 4.68 Å². The van der Waals surface area contributed by atoms with E-state index in [4.69, 9.17) is 4.74 Å². The van der Waals surface area contributed by atoms with Gasteiger partial charge in [0, 0.05) is 18.5 Å². The van der Waals surface area contributed by atoms with Crippen LogP contribution in [0.2, 0.25) is 0 Å². The maximum absolute atomic E-state index is 12.1. The SMILES string of the molecule is CCOC(=O)c1ccc(-n2[nH]c(Cn3ccnc3)cc2=O)cc1. The first-order valence-electron chi connectivity index (χ1n) is 7.21. The van der Waals surface area contributed by atoms with Gasteiger partial charge in [-0.3, -0.25) is 9.89 Å². The normalized spacial score (nSPS) is 10.7. The van der Waals surface area contributed by atoms with Crippen molar-refractivity contribution in [2.24, 2.45) is 0 Å². The molecule has 0 spiro atoms. The molecule has 2 heterocycles. The van der Waals surface area contributed by atoms with Gasteiger partial charge in [0.05, 0.1) is 36.4 Å². The van der Waals surface area contributed by atoms with Crippen LogP contribution in [0.3, 0.4) is 0 Å². The zero-order valence-corrected chi connectivity index (χ0v) is 12.6. The molecule has 23 heavy (non-hydrogen) atoms. The van der Waals surface area contributed by atoms with Gasteiger partial charge in [0.15, 0.2) is 0 Å². The predicted molar refractivity (Wildman–Crippen MR) is 83.7 cm³/mol. The molecule has 0 aliphatic heterocycles. The van der Waals surface area contributed by atoms with E-state index in [0.29, 0.717) is 24.4 Å². The van der Waals surface area contributed by atoms with E-state index < -0.39 is 0 Å². The van der Waals surface area contributed by atoms with E-state index in [1.807, 2.05) is 10.8 Å². The third-order valence-corrected chi connectivity index (χ3v) is 3.32. The summed E-state index contributed by atoms with van der Waals surface area (Å²) >= 11 is 0. The Morgan fingerprint density at radius 1 is 1.30 bits per heavy atom.